The highest BCUT2D eigenvalue weighted by atomic mass is 15.2. The molecule has 0 spiro atoms. The normalized spacial score (nSPS) is 20.7. The second-order valence-corrected chi connectivity index (χ2v) is 5.91. The fourth-order valence-electron chi connectivity index (χ4n) is 3.34. The first-order valence-corrected chi connectivity index (χ1v) is 7.97. The van der Waals surface area contributed by atoms with E-state index in [0.717, 1.165) is 36.4 Å². The van der Waals surface area contributed by atoms with Gasteiger partial charge in [-0.3, -0.25) is 0 Å². The summed E-state index contributed by atoms with van der Waals surface area (Å²) in [6.07, 6.45) is 4.22. The number of hydrogen-bond acceptors (Lipinski definition) is 4. The van der Waals surface area contributed by atoms with Gasteiger partial charge in [0.05, 0.1) is 5.52 Å². The van der Waals surface area contributed by atoms with E-state index in [1.807, 2.05) is 6.07 Å². The van der Waals surface area contributed by atoms with E-state index in [2.05, 4.69) is 52.2 Å². The Morgan fingerprint density at radius 3 is 3.05 bits per heavy atom. The number of benzene rings is 1. The van der Waals surface area contributed by atoms with Crippen LogP contribution in [0.4, 0.5) is 5.82 Å². The molecule has 1 fully saturated rings. The molecule has 2 atom stereocenters. The molecule has 1 aromatic carbocycles. The first-order valence-electron chi connectivity index (χ1n) is 7.97. The number of piperidine rings is 1. The summed E-state index contributed by atoms with van der Waals surface area (Å²) >= 11 is 0. The summed E-state index contributed by atoms with van der Waals surface area (Å²) < 4.78 is 0. The number of hydrogen-bond donors (Lipinski definition) is 1. The van der Waals surface area contributed by atoms with Gasteiger partial charge in [-0.15, -0.1) is 0 Å². The van der Waals surface area contributed by atoms with Crippen molar-refractivity contribution >= 4 is 16.7 Å². The van der Waals surface area contributed by atoms with Crippen LogP contribution in [0.15, 0.2) is 30.6 Å². The van der Waals surface area contributed by atoms with Gasteiger partial charge in [0.2, 0.25) is 0 Å². The van der Waals surface area contributed by atoms with Crippen LogP contribution in [0.25, 0.3) is 10.9 Å². The fraction of sp³-hybridized carbons (Fsp3) is 0.529. The average molecular weight is 284 g/mol. The van der Waals surface area contributed by atoms with E-state index < -0.39 is 0 Å². The zero-order valence-electron chi connectivity index (χ0n) is 12.9. The zero-order chi connectivity index (χ0) is 14.7. The highest BCUT2D eigenvalue weighted by Crippen LogP contribution is 2.28. The van der Waals surface area contributed by atoms with E-state index in [1.54, 1.807) is 6.33 Å². The Morgan fingerprint density at radius 2 is 2.19 bits per heavy atom. The fourth-order valence-corrected chi connectivity index (χ4v) is 3.34. The summed E-state index contributed by atoms with van der Waals surface area (Å²) in [5, 5.41) is 4.73. The predicted molar refractivity (Wildman–Crippen MR) is 87.6 cm³/mol. The maximum atomic E-state index is 4.56. The molecular formula is C17H24N4. The SMILES string of the molecule is CCNC(C)C1CCCN(c2ncnc3ccccc23)C1. The average Bonchev–Trinajstić information content (AvgIpc) is 2.55. The van der Waals surface area contributed by atoms with E-state index in [-0.39, 0.29) is 0 Å². The molecule has 1 aliphatic rings. The number of rotatable bonds is 4. The maximum Gasteiger partial charge on any atom is 0.139 e. The number of anilines is 1. The monoisotopic (exact) mass is 284 g/mol. The Morgan fingerprint density at radius 1 is 1.33 bits per heavy atom. The third-order valence-corrected chi connectivity index (χ3v) is 4.51. The number of para-hydroxylation sites is 1. The van der Waals surface area contributed by atoms with Crippen molar-refractivity contribution in [3.05, 3.63) is 30.6 Å². The van der Waals surface area contributed by atoms with E-state index >= 15 is 0 Å². The highest BCUT2D eigenvalue weighted by Gasteiger charge is 2.25. The van der Waals surface area contributed by atoms with Gasteiger partial charge in [0.1, 0.15) is 12.1 Å². The van der Waals surface area contributed by atoms with Gasteiger partial charge in [0.25, 0.3) is 0 Å². The van der Waals surface area contributed by atoms with Crippen LogP contribution in [0, 0.1) is 5.92 Å². The van der Waals surface area contributed by atoms with Crippen LogP contribution < -0.4 is 10.2 Å². The van der Waals surface area contributed by atoms with Crippen molar-refractivity contribution < 1.29 is 0 Å². The number of nitrogens with zero attached hydrogens (tertiary/aromatic N) is 3. The van der Waals surface area contributed by atoms with E-state index in [0.29, 0.717) is 12.0 Å². The maximum absolute atomic E-state index is 4.56. The third-order valence-electron chi connectivity index (χ3n) is 4.51. The molecule has 1 N–H and O–H groups in total. The minimum atomic E-state index is 0.561. The molecule has 2 heterocycles. The van der Waals surface area contributed by atoms with Crippen LogP contribution in [0.3, 0.4) is 0 Å². The van der Waals surface area contributed by atoms with Crippen molar-refractivity contribution in [2.45, 2.75) is 32.7 Å². The van der Waals surface area contributed by atoms with Crippen molar-refractivity contribution in [1.82, 2.24) is 15.3 Å². The minimum Gasteiger partial charge on any atom is -0.356 e. The van der Waals surface area contributed by atoms with Crippen LogP contribution in [0.2, 0.25) is 0 Å². The lowest BCUT2D eigenvalue weighted by molar-refractivity contribution is 0.323. The Labute approximate surface area is 126 Å². The molecule has 0 aliphatic carbocycles. The minimum absolute atomic E-state index is 0.561. The molecule has 2 unspecified atom stereocenters. The van der Waals surface area contributed by atoms with Gasteiger partial charge in [-0.2, -0.15) is 0 Å². The standard InChI is InChI=1S/C17H24N4/c1-3-18-13(2)14-7-6-10-21(11-14)17-15-8-4-5-9-16(15)19-12-20-17/h4-5,8-9,12-14,18H,3,6-7,10-11H2,1-2H3. The van der Waals surface area contributed by atoms with Crippen LogP contribution in [0.5, 0.6) is 0 Å². The van der Waals surface area contributed by atoms with Crippen molar-refractivity contribution in [2.24, 2.45) is 5.92 Å². The number of nitrogens with one attached hydrogen (secondary N) is 1. The van der Waals surface area contributed by atoms with Gasteiger partial charge in [0.15, 0.2) is 0 Å². The molecule has 21 heavy (non-hydrogen) atoms. The molecule has 4 heteroatoms. The van der Waals surface area contributed by atoms with Gasteiger partial charge in [0, 0.05) is 24.5 Å². The second kappa shape index (κ2) is 6.39. The summed E-state index contributed by atoms with van der Waals surface area (Å²) in [5.74, 6) is 1.78. The van der Waals surface area contributed by atoms with Gasteiger partial charge >= 0.3 is 0 Å². The molecule has 0 radical (unpaired) electrons. The lowest BCUT2D eigenvalue weighted by Gasteiger charge is -2.37. The number of fused-ring (bicyclic) bond motifs is 1. The summed E-state index contributed by atoms with van der Waals surface area (Å²) in [5.41, 5.74) is 1.03. The number of aromatic nitrogens is 2. The van der Waals surface area contributed by atoms with E-state index in [9.17, 15) is 0 Å². The van der Waals surface area contributed by atoms with Crippen molar-refractivity contribution in [1.29, 1.82) is 0 Å². The van der Waals surface area contributed by atoms with Crippen LogP contribution in [0.1, 0.15) is 26.7 Å². The molecule has 3 rings (SSSR count). The summed E-state index contributed by atoms with van der Waals surface area (Å²) in [7, 11) is 0. The molecule has 1 aliphatic heterocycles. The quantitative estimate of drug-likeness (QED) is 0.937. The first-order chi connectivity index (χ1) is 10.3. The molecule has 4 nitrogen and oxygen atoms in total. The van der Waals surface area contributed by atoms with Crippen LogP contribution >= 0.6 is 0 Å². The van der Waals surface area contributed by atoms with E-state index in [1.165, 1.54) is 12.8 Å². The van der Waals surface area contributed by atoms with Crippen molar-refractivity contribution in [3.8, 4) is 0 Å². The lowest BCUT2D eigenvalue weighted by Crippen LogP contribution is -2.44. The zero-order valence-corrected chi connectivity index (χ0v) is 12.9. The van der Waals surface area contributed by atoms with Gasteiger partial charge in [-0.1, -0.05) is 19.1 Å². The van der Waals surface area contributed by atoms with Crippen LogP contribution in [-0.2, 0) is 0 Å². The molecule has 2 aromatic rings. The lowest BCUT2D eigenvalue weighted by atomic mass is 9.91. The molecular weight excluding hydrogens is 260 g/mol. The first kappa shape index (κ1) is 14.3. The topological polar surface area (TPSA) is 41.0 Å². The largest absolute Gasteiger partial charge is 0.356 e. The van der Waals surface area contributed by atoms with Crippen molar-refractivity contribution in [3.63, 3.8) is 0 Å². The second-order valence-electron chi connectivity index (χ2n) is 5.91. The molecule has 0 amide bonds. The predicted octanol–water partition coefficient (Wildman–Crippen LogP) is 2.84. The Balaban J connectivity index is 1.85. The summed E-state index contributed by atoms with van der Waals surface area (Å²) in [6, 6.07) is 8.85. The van der Waals surface area contributed by atoms with Crippen LogP contribution in [-0.4, -0.2) is 35.6 Å². The third kappa shape index (κ3) is 3.00. The molecule has 0 saturated carbocycles. The molecule has 1 aromatic heterocycles. The van der Waals surface area contributed by atoms with Gasteiger partial charge < -0.3 is 10.2 Å². The summed E-state index contributed by atoms with van der Waals surface area (Å²) in [4.78, 5) is 11.4. The molecule has 112 valence electrons. The molecule has 1 saturated heterocycles. The van der Waals surface area contributed by atoms with Crippen molar-refractivity contribution in [2.75, 3.05) is 24.5 Å². The Kier molecular flexibility index (Phi) is 4.34. The summed E-state index contributed by atoms with van der Waals surface area (Å²) in [6.45, 7) is 7.68. The van der Waals surface area contributed by atoms with Gasteiger partial charge in [-0.05, 0) is 44.4 Å². The highest BCUT2D eigenvalue weighted by molar-refractivity contribution is 5.89. The Bertz CT molecular complexity index is 593. The smallest absolute Gasteiger partial charge is 0.139 e. The molecule has 0 bridgehead atoms. The van der Waals surface area contributed by atoms with Gasteiger partial charge in [-0.25, -0.2) is 9.97 Å². The Hall–Kier alpha value is -1.68. The van der Waals surface area contributed by atoms with E-state index in [4.69, 9.17) is 0 Å².